The first-order valence-corrected chi connectivity index (χ1v) is 6.25. The van der Waals surface area contributed by atoms with Crippen molar-refractivity contribution >= 4 is 17.5 Å². The predicted octanol–water partition coefficient (Wildman–Crippen LogP) is 2.91. The standard InChI is InChI=1S/C14H12ClNO2/c15-11-8-9-4-1-2-5-10(9)13(11)16-14(17)12-6-3-7-18-12/h1-7,11,13H,8H2,(H,16,17). The van der Waals surface area contributed by atoms with E-state index in [0.29, 0.717) is 5.76 Å². The van der Waals surface area contributed by atoms with Gasteiger partial charge in [0.05, 0.1) is 17.7 Å². The average Bonchev–Trinajstić information content (AvgIpc) is 2.98. The highest BCUT2D eigenvalue weighted by molar-refractivity contribution is 6.21. The van der Waals surface area contributed by atoms with Crippen molar-refractivity contribution in [2.75, 3.05) is 0 Å². The molecule has 2 atom stereocenters. The van der Waals surface area contributed by atoms with Crippen LogP contribution in [0.5, 0.6) is 0 Å². The lowest BCUT2D eigenvalue weighted by Gasteiger charge is -2.16. The summed E-state index contributed by atoms with van der Waals surface area (Å²) in [7, 11) is 0. The summed E-state index contributed by atoms with van der Waals surface area (Å²) < 4.78 is 5.07. The first kappa shape index (κ1) is 11.4. The molecule has 1 aliphatic rings. The van der Waals surface area contributed by atoms with E-state index in [9.17, 15) is 4.79 Å². The molecule has 0 spiro atoms. The number of hydrogen-bond acceptors (Lipinski definition) is 2. The molecule has 4 heteroatoms. The second-order valence-corrected chi connectivity index (χ2v) is 4.91. The quantitative estimate of drug-likeness (QED) is 0.845. The number of carbonyl (C=O) groups excluding carboxylic acids is 1. The summed E-state index contributed by atoms with van der Waals surface area (Å²) in [6.07, 6.45) is 2.26. The van der Waals surface area contributed by atoms with Gasteiger partial charge < -0.3 is 9.73 Å². The minimum absolute atomic E-state index is 0.110. The maximum atomic E-state index is 12.0. The number of alkyl halides is 1. The summed E-state index contributed by atoms with van der Waals surface area (Å²) in [5.41, 5.74) is 2.29. The monoisotopic (exact) mass is 261 g/mol. The number of fused-ring (bicyclic) bond motifs is 1. The summed E-state index contributed by atoms with van der Waals surface area (Å²) in [5, 5.41) is 2.81. The molecule has 1 aliphatic carbocycles. The van der Waals surface area contributed by atoms with E-state index < -0.39 is 0 Å². The molecular formula is C14H12ClNO2. The van der Waals surface area contributed by atoms with Crippen molar-refractivity contribution in [3.05, 3.63) is 59.5 Å². The van der Waals surface area contributed by atoms with Crippen molar-refractivity contribution in [3.8, 4) is 0 Å². The van der Waals surface area contributed by atoms with Crippen LogP contribution in [0.15, 0.2) is 47.1 Å². The molecule has 0 bridgehead atoms. The molecule has 18 heavy (non-hydrogen) atoms. The van der Waals surface area contributed by atoms with Crippen molar-refractivity contribution in [2.24, 2.45) is 0 Å². The van der Waals surface area contributed by atoms with E-state index in [0.717, 1.165) is 12.0 Å². The highest BCUT2D eigenvalue weighted by Crippen LogP contribution is 2.34. The van der Waals surface area contributed by atoms with Gasteiger partial charge in [0, 0.05) is 0 Å². The summed E-state index contributed by atoms with van der Waals surface area (Å²) in [6, 6.07) is 11.2. The van der Waals surface area contributed by atoms with E-state index in [1.807, 2.05) is 24.3 Å². The number of benzene rings is 1. The Balaban J connectivity index is 1.83. The molecule has 0 aliphatic heterocycles. The number of nitrogens with one attached hydrogen (secondary N) is 1. The van der Waals surface area contributed by atoms with Crippen LogP contribution in [0.1, 0.15) is 27.7 Å². The normalized spacial score (nSPS) is 21.6. The molecule has 1 aromatic heterocycles. The Kier molecular flexibility index (Phi) is 2.84. The van der Waals surface area contributed by atoms with E-state index in [4.69, 9.17) is 16.0 Å². The SMILES string of the molecule is O=C(NC1c2ccccc2CC1Cl)c1ccco1. The summed E-state index contributed by atoms with van der Waals surface area (Å²) in [5.74, 6) is 0.0793. The Morgan fingerprint density at radius 1 is 1.28 bits per heavy atom. The lowest BCUT2D eigenvalue weighted by atomic mass is 10.1. The van der Waals surface area contributed by atoms with Gasteiger partial charge in [-0.2, -0.15) is 0 Å². The molecule has 1 aromatic carbocycles. The maximum Gasteiger partial charge on any atom is 0.287 e. The zero-order valence-electron chi connectivity index (χ0n) is 9.60. The smallest absolute Gasteiger partial charge is 0.287 e. The number of hydrogen-bond donors (Lipinski definition) is 1. The molecule has 1 amide bonds. The van der Waals surface area contributed by atoms with Gasteiger partial charge in [0.15, 0.2) is 5.76 Å². The fourth-order valence-corrected chi connectivity index (χ4v) is 2.70. The fourth-order valence-electron chi connectivity index (χ4n) is 2.33. The van der Waals surface area contributed by atoms with Crippen LogP contribution >= 0.6 is 11.6 Å². The Bertz CT molecular complexity index is 565. The van der Waals surface area contributed by atoms with Crippen LogP contribution in [0, 0.1) is 0 Å². The van der Waals surface area contributed by atoms with Gasteiger partial charge in [-0.15, -0.1) is 11.6 Å². The largest absolute Gasteiger partial charge is 0.459 e. The van der Waals surface area contributed by atoms with Crippen LogP contribution in [0.2, 0.25) is 0 Å². The first-order valence-electron chi connectivity index (χ1n) is 5.82. The molecule has 3 rings (SSSR count). The number of carbonyl (C=O) groups is 1. The highest BCUT2D eigenvalue weighted by atomic mass is 35.5. The van der Waals surface area contributed by atoms with Crippen LogP contribution in [0.25, 0.3) is 0 Å². The third kappa shape index (κ3) is 1.91. The van der Waals surface area contributed by atoms with Gasteiger partial charge in [-0.25, -0.2) is 0 Å². The van der Waals surface area contributed by atoms with Crippen LogP contribution < -0.4 is 5.32 Å². The van der Waals surface area contributed by atoms with E-state index >= 15 is 0 Å². The minimum Gasteiger partial charge on any atom is -0.459 e. The third-order valence-electron chi connectivity index (χ3n) is 3.20. The molecule has 1 N–H and O–H groups in total. The summed E-state index contributed by atoms with van der Waals surface area (Å²) in [6.45, 7) is 0. The number of halogens is 1. The Labute approximate surface area is 110 Å². The molecule has 92 valence electrons. The summed E-state index contributed by atoms with van der Waals surface area (Å²) in [4.78, 5) is 12.0. The van der Waals surface area contributed by atoms with Crippen molar-refractivity contribution in [1.82, 2.24) is 5.32 Å². The van der Waals surface area contributed by atoms with Crippen molar-refractivity contribution in [2.45, 2.75) is 17.8 Å². The average molecular weight is 262 g/mol. The van der Waals surface area contributed by atoms with Gasteiger partial charge in [0.2, 0.25) is 0 Å². The molecule has 0 radical (unpaired) electrons. The Hall–Kier alpha value is -1.74. The zero-order chi connectivity index (χ0) is 12.5. The van der Waals surface area contributed by atoms with Crippen LogP contribution in [0.4, 0.5) is 0 Å². The van der Waals surface area contributed by atoms with Crippen molar-refractivity contribution in [1.29, 1.82) is 0 Å². The topological polar surface area (TPSA) is 42.2 Å². The molecule has 3 nitrogen and oxygen atoms in total. The van der Waals surface area contributed by atoms with Gasteiger partial charge in [-0.05, 0) is 29.7 Å². The predicted molar refractivity (Wildman–Crippen MR) is 68.7 cm³/mol. The van der Waals surface area contributed by atoms with Gasteiger partial charge in [0.25, 0.3) is 5.91 Å². The maximum absolute atomic E-state index is 12.0. The second kappa shape index (κ2) is 4.50. The van der Waals surface area contributed by atoms with Gasteiger partial charge in [-0.1, -0.05) is 24.3 Å². The van der Waals surface area contributed by atoms with E-state index in [2.05, 4.69) is 5.32 Å². The molecule has 0 saturated heterocycles. The molecule has 0 saturated carbocycles. The molecule has 1 heterocycles. The number of rotatable bonds is 2. The van der Waals surface area contributed by atoms with Crippen LogP contribution in [-0.4, -0.2) is 11.3 Å². The van der Waals surface area contributed by atoms with Crippen molar-refractivity contribution < 1.29 is 9.21 Å². The highest BCUT2D eigenvalue weighted by Gasteiger charge is 2.32. The van der Waals surface area contributed by atoms with Gasteiger partial charge in [-0.3, -0.25) is 4.79 Å². The number of furan rings is 1. The summed E-state index contributed by atoms with van der Waals surface area (Å²) >= 11 is 6.30. The first-order chi connectivity index (χ1) is 8.75. The van der Waals surface area contributed by atoms with Crippen LogP contribution in [-0.2, 0) is 6.42 Å². The molecule has 2 unspecified atom stereocenters. The number of amides is 1. The van der Waals surface area contributed by atoms with Crippen LogP contribution in [0.3, 0.4) is 0 Å². The van der Waals surface area contributed by atoms with E-state index in [-0.39, 0.29) is 17.3 Å². The lowest BCUT2D eigenvalue weighted by Crippen LogP contribution is -2.31. The second-order valence-electron chi connectivity index (χ2n) is 4.35. The minimum atomic E-state index is -0.229. The van der Waals surface area contributed by atoms with E-state index in [1.165, 1.54) is 11.8 Å². The molecule has 0 fully saturated rings. The Morgan fingerprint density at radius 2 is 2.11 bits per heavy atom. The zero-order valence-corrected chi connectivity index (χ0v) is 10.4. The molecular weight excluding hydrogens is 250 g/mol. The van der Waals surface area contributed by atoms with E-state index in [1.54, 1.807) is 12.1 Å². The lowest BCUT2D eigenvalue weighted by molar-refractivity contribution is 0.0909. The fraction of sp³-hybridized carbons (Fsp3) is 0.214. The van der Waals surface area contributed by atoms with Gasteiger partial charge in [0.1, 0.15) is 0 Å². The Morgan fingerprint density at radius 3 is 2.89 bits per heavy atom. The van der Waals surface area contributed by atoms with Gasteiger partial charge >= 0.3 is 0 Å². The molecule has 2 aromatic rings. The van der Waals surface area contributed by atoms with Crippen molar-refractivity contribution in [3.63, 3.8) is 0 Å². The third-order valence-corrected chi connectivity index (χ3v) is 3.60.